The zero-order valence-corrected chi connectivity index (χ0v) is 21.3. The van der Waals surface area contributed by atoms with Crippen molar-refractivity contribution in [2.75, 3.05) is 0 Å². The lowest BCUT2D eigenvalue weighted by Crippen LogP contribution is -2.12. The quantitative estimate of drug-likeness (QED) is 0.163. The zero-order chi connectivity index (χ0) is 22.6. The summed E-state index contributed by atoms with van der Waals surface area (Å²) in [4.78, 5) is 0. The first kappa shape index (κ1) is 27.7. The number of rotatable bonds is 19. The molecule has 3 nitrogen and oxygen atoms in total. The van der Waals surface area contributed by atoms with Crippen molar-refractivity contribution < 1.29 is 0 Å². The highest BCUT2D eigenvalue weighted by Gasteiger charge is 2.11. The summed E-state index contributed by atoms with van der Waals surface area (Å²) in [5.74, 6) is 8.28. The summed E-state index contributed by atoms with van der Waals surface area (Å²) in [6.45, 7) is 10.1. The van der Waals surface area contributed by atoms with E-state index in [0.717, 1.165) is 37.4 Å². The van der Waals surface area contributed by atoms with Gasteiger partial charge >= 0.3 is 0 Å². The Bertz CT molecular complexity index is 563. The molecule has 0 unspecified atom stereocenters. The van der Waals surface area contributed by atoms with Gasteiger partial charge in [-0.2, -0.15) is 0 Å². The molecule has 31 heavy (non-hydrogen) atoms. The normalized spacial score (nSPS) is 11.3. The summed E-state index contributed by atoms with van der Waals surface area (Å²) in [6.07, 6.45) is 23.8. The van der Waals surface area contributed by atoms with Crippen LogP contribution in [-0.2, 0) is 13.0 Å². The molecular formula is C28H51N3. The molecule has 0 fully saturated rings. The van der Waals surface area contributed by atoms with Crippen molar-refractivity contribution in [3.63, 3.8) is 0 Å². The number of hydrogen-bond acceptors (Lipinski definition) is 2. The SMILES string of the molecule is CCCCCCC(CCCCCC)Cn1cc(CCCC#CC(CCC)CCC)nn1. The van der Waals surface area contributed by atoms with Crippen LogP contribution in [0.5, 0.6) is 0 Å². The zero-order valence-electron chi connectivity index (χ0n) is 21.3. The van der Waals surface area contributed by atoms with E-state index in [1.807, 2.05) is 0 Å². The third-order valence-electron chi connectivity index (χ3n) is 6.28. The summed E-state index contributed by atoms with van der Waals surface area (Å²) in [5.41, 5.74) is 1.14. The van der Waals surface area contributed by atoms with Gasteiger partial charge in [-0.15, -0.1) is 11.0 Å². The maximum atomic E-state index is 4.45. The van der Waals surface area contributed by atoms with Gasteiger partial charge in [-0.1, -0.05) is 103 Å². The van der Waals surface area contributed by atoms with E-state index >= 15 is 0 Å². The molecule has 0 N–H and O–H groups in total. The average molecular weight is 430 g/mol. The van der Waals surface area contributed by atoms with E-state index in [1.165, 1.54) is 89.9 Å². The van der Waals surface area contributed by atoms with Crippen molar-refractivity contribution in [1.29, 1.82) is 0 Å². The Morgan fingerprint density at radius 2 is 1.42 bits per heavy atom. The van der Waals surface area contributed by atoms with Crippen molar-refractivity contribution in [2.24, 2.45) is 11.8 Å². The highest BCUT2D eigenvalue weighted by molar-refractivity contribution is 5.04. The molecule has 0 atom stereocenters. The van der Waals surface area contributed by atoms with Crippen molar-refractivity contribution in [3.05, 3.63) is 11.9 Å². The summed E-state index contributed by atoms with van der Waals surface area (Å²) in [6, 6.07) is 0. The second-order valence-corrected chi connectivity index (χ2v) is 9.45. The lowest BCUT2D eigenvalue weighted by Gasteiger charge is -2.16. The molecule has 3 heteroatoms. The highest BCUT2D eigenvalue weighted by atomic mass is 15.4. The Labute approximate surface area is 194 Å². The van der Waals surface area contributed by atoms with Crippen LogP contribution < -0.4 is 0 Å². The van der Waals surface area contributed by atoms with Gasteiger partial charge in [-0.05, 0) is 44.4 Å². The summed E-state index contributed by atoms with van der Waals surface area (Å²) < 4.78 is 2.11. The molecule has 178 valence electrons. The lowest BCUT2D eigenvalue weighted by atomic mass is 9.94. The molecular weight excluding hydrogens is 378 g/mol. The van der Waals surface area contributed by atoms with Gasteiger partial charge in [0.25, 0.3) is 0 Å². The number of unbranched alkanes of at least 4 members (excludes halogenated alkanes) is 7. The smallest absolute Gasteiger partial charge is 0.0827 e. The molecule has 1 rings (SSSR count). The fourth-order valence-electron chi connectivity index (χ4n) is 4.41. The van der Waals surface area contributed by atoms with Crippen molar-refractivity contribution in [1.82, 2.24) is 15.0 Å². The van der Waals surface area contributed by atoms with Crippen LogP contribution in [0.15, 0.2) is 6.20 Å². The lowest BCUT2D eigenvalue weighted by molar-refractivity contribution is 0.341. The number of aromatic nitrogens is 3. The van der Waals surface area contributed by atoms with Gasteiger partial charge in [0.1, 0.15) is 0 Å². The Morgan fingerprint density at radius 3 is 2.00 bits per heavy atom. The van der Waals surface area contributed by atoms with Crippen LogP contribution in [0.1, 0.15) is 136 Å². The molecule has 0 aromatic carbocycles. The molecule has 0 aliphatic carbocycles. The van der Waals surface area contributed by atoms with Gasteiger partial charge in [0.15, 0.2) is 0 Å². The monoisotopic (exact) mass is 429 g/mol. The topological polar surface area (TPSA) is 30.7 Å². The van der Waals surface area contributed by atoms with Crippen molar-refractivity contribution in [2.45, 2.75) is 143 Å². The van der Waals surface area contributed by atoms with Crippen LogP contribution in [-0.4, -0.2) is 15.0 Å². The molecule has 0 saturated carbocycles. The second-order valence-electron chi connectivity index (χ2n) is 9.45. The molecule has 0 amide bonds. The number of aryl methyl sites for hydroxylation is 1. The van der Waals surface area contributed by atoms with Crippen LogP contribution in [0.4, 0.5) is 0 Å². The Hall–Kier alpha value is -1.30. The molecule has 0 saturated heterocycles. The first-order chi connectivity index (χ1) is 15.2. The van der Waals surface area contributed by atoms with Crippen LogP contribution >= 0.6 is 0 Å². The van der Waals surface area contributed by atoms with E-state index < -0.39 is 0 Å². The van der Waals surface area contributed by atoms with E-state index in [9.17, 15) is 0 Å². The summed E-state index contributed by atoms with van der Waals surface area (Å²) in [5, 5.41) is 8.90. The number of hydrogen-bond donors (Lipinski definition) is 0. The van der Waals surface area contributed by atoms with Gasteiger partial charge < -0.3 is 0 Å². The number of nitrogens with zero attached hydrogens (tertiary/aromatic N) is 3. The minimum Gasteiger partial charge on any atom is -0.252 e. The standard InChI is InChI=1S/C28H51N3/c1-5-9-11-14-21-27(22-15-12-10-6-2)24-31-25-28(29-30-31)23-17-13-16-20-26(18-7-3)19-8-4/h25-27H,5-15,17-19,21-24H2,1-4H3. The van der Waals surface area contributed by atoms with E-state index in [4.69, 9.17) is 0 Å². The molecule has 0 radical (unpaired) electrons. The Morgan fingerprint density at radius 1 is 0.774 bits per heavy atom. The van der Waals surface area contributed by atoms with Crippen LogP contribution in [0, 0.1) is 23.7 Å². The van der Waals surface area contributed by atoms with Crippen LogP contribution in [0.25, 0.3) is 0 Å². The van der Waals surface area contributed by atoms with Crippen LogP contribution in [0.3, 0.4) is 0 Å². The van der Waals surface area contributed by atoms with Gasteiger partial charge in [-0.25, -0.2) is 0 Å². The second kappa shape index (κ2) is 19.4. The third-order valence-corrected chi connectivity index (χ3v) is 6.28. The molecule has 1 heterocycles. The minimum atomic E-state index is 0.600. The van der Waals surface area contributed by atoms with E-state index in [2.05, 4.69) is 60.7 Å². The predicted octanol–water partition coefficient (Wildman–Crippen LogP) is 8.38. The maximum Gasteiger partial charge on any atom is 0.0827 e. The van der Waals surface area contributed by atoms with E-state index in [0.29, 0.717) is 5.92 Å². The average Bonchev–Trinajstić information content (AvgIpc) is 3.21. The first-order valence-electron chi connectivity index (χ1n) is 13.6. The maximum absolute atomic E-state index is 4.45. The summed E-state index contributed by atoms with van der Waals surface area (Å²) in [7, 11) is 0. The first-order valence-corrected chi connectivity index (χ1v) is 13.6. The molecule has 1 aromatic rings. The van der Waals surface area contributed by atoms with Crippen LogP contribution in [0.2, 0.25) is 0 Å². The fourth-order valence-corrected chi connectivity index (χ4v) is 4.41. The molecule has 1 aromatic heterocycles. The van der Waals surface area contributed by atoms with E-state index in [-0.39, 0.29) is 0 Å². The van der Waals surface area contributed by atoms with Crippen molar-refractivity contribution in [3.8, 4) is 11.8 Å². The summed E-state index contributed by atoms with van der Waals surface area (Å²) >= 11 is 0. The van der Waals surface area contributed by atoms with Gasteiger partial charge in [0, 0.05) is 25.1 Å². The Balaban J connectivity index is 2.42. The fraction of sp³-hybridized carbons (Fsp3) is 0.857. The molecule has 0 aliphatic rings. The molecule has 0 spiro atoms. The largest absolute Gasteiger partial charge is 0.252 e. The molecule has 0 aliphatic heterocycles. The predicted molar refractivity (Wildman–Crippen MR) is 135 cm³/mol. The van der Waals surface area contributed by atoms with Gasteiger partial charge in [0.05, 0.1) is 5.69 Å². The van der Waals surface area contributed by atoms with Crippen molar-refractivity contribution >= 4 is 0 Å². The van der Waals surface area contributed by atoms with E-state index in [1.54, 1.807) is 0 Å². The Kier molecular flexibility index (Phi) is 17.3. The third kappa shape index (κ3) is 14.4. The highest BCUT2D eigenvalue weighted by Crippen LogP contribution is 2.20. The minimum absolute atomic E-state index is 0.600. The molecule has 0 bridgehead atoms. The van der Waals surface area contributed by atoms with Gasteiger partial charge in [0.2, 0.25) is 0 Å². The van der Waals surface area contributed by atoms with Gasteiger partial charge in [-0.3, -0.25) is 4.68 Å².